The van der Waals surface area contributed by atoms with Crippen LogP contribution in [0, 0.1) is 13.8 Å². The van der Waals surface area contributed by atoms with E-state index < -0.39 is 12.6 Å². The number of hydrogen-bond donors (Lipinski definition) is 2. The minimum absolute atomic E-state index is 0.132. The molecule has 7 nitrogen and oxygen atoms in total. The highest BCUT2D eigenvalue weighted by molar-refractivity contribution is 6.02. The van der Waals surface area contributed by atoms with Crippen LogP contribution in [0.2, 0.25) is 0 Å². The first kappa shape index (κ1) is 23.8. The Morgan fingerprint density at radius 3 is 2.12 bits per heavy atom. The fourth-order valence-electron chi connectivity index (χ4n) is 3.87. The summed E-state index contributed by atoms with van der Waals surface area (Å²) in [6.07, 6.45) is 0. The molecule has 0 aliphatic rings. The summed E-state index contributed by atoms with van der Waals surface area (Å²) in [6, 6.07) is 17.2. The zero-order chi connectivity index (χ0) is 24.1. The molecule has 2 aromatic carbocycles. The number of esters is 1. The first-order valence-corrected chi connectivity index (χ1v) is 10.8. The lowest BCUT2D eigenvalue weighted by molar-refractivity contribution is -0.122. The fourth-order valence-corrected chi connectivity index (χ4v) is 3.87. The Kier molecular flexibility index (Phi) is 7.33. The third kappa shape index (κ3) is 5.49. The van der Waals surface area contributed by atoms with Gasteiger partial charge in [-0.1, -0.05) is 18.2 Å². The van der Waals surface area contributed by atoms with Gasteiger partial charge in [0.15, 0.2) is 12.4 Å². The van der Waals surface area contributed by atoms with Crippen LogP contribution in [-0.4, -0.2) is 35.3 Å². The quantitative estimate of drug-likeness (QED) is 0.367. The van der Waals surface area contributed by atoms with Gasteiger partial charge in [0, 0.05) is 34.4 Å². The molecule has 0 bridgehead atoms. The van der Waals surface area contributed by atoms with Gasteiger partial charge in [0.05, 0.1) is 0 Å². The summed E-state index contributed by atoms with van der Waals surface area (Å²) in [5, 5.41) is 3.31. The van der Waals surface area contributed by atoms with Crippen LogP contribution >= 0.6 is 0 Å². The number of para-hydroxylation sites is 1. The van der Waals surface area contributed by atoms with Crippen molar-refractivity contribution in [2.75, 3.05) is 16.8 Å². The van der Waals surface area contributed by atoms with Gasteiger partial charge in [-0.05, 0) is 76.6 Å². The molecule has 0 atom stereocenters. The van der Waals surface area contributed by atoms with Crippen molar-refractivity contribution in [3.63, 3.8) is 0 Å². The van der Waals surface area contributed by atoms with Gasteiger partial charge in [-0.25, -0.2) is 4.79 Å². The molecule has 1 heterocycles. The summed E-state index contributed by atoms with van der Waals surface area (Å²) in [7, 11) is 0. The van der Waals surface area contributed by atoms with Crippen molar-refractivity contribution < 1.29 is 19.1 Å². The van der Waals surface area contributed by atoms with Gasteiger partial charge in [-0.15, -0.1) is 0 Å². The van der Waals surface area contributed by atoms with E-state index in [0.717, 1.165) is 11.4 Å². The van der Waals surface area contributed by atoms with Crippen LogP contribution in [0.15, 0.2) is 54.6 Å². The second-order valence-corrected chi connectivity index (χ2v) is 8.15. The number of H-pyrrole nitrogens is 1. The Morgan fingerprint density at radius 2 is 1.58 bits per heavy atom. The Labute approximate surface area is 193 Å². The number of Topliss-reactive ketones (excluding diaryl/α,β-unsaturated/α-hetero) is 1. The van der Waals surface area contributed by atoms with Gasteiger partial charge < -0.3 is 19.9 Å². The molecule has 0 spiro atoms. The minimum Gasteiger partial charge on any atom is -0.451 e. The predicted octanol–water partition coefficient (Wildman–Crippen LogP) is 5.18. The normalized spacial score (nSPS) is 10.7. The maximum Gasteiger partial charge on any atom is 0.355 e. The topological polar surface area (TPSA) is 91.5 Å². The number of carbonyl (C=O) groups excluding carboxylic acids is 3. The van der Waals surface area contributed by atoms with Crippen LogP contribution in [0.5, 0.6) is 0 Å². The van der Waals surface area contributed by atoms with Crippen molar-refractivity contribution >= 4 is 34.7 Å². The molecular weight excluding hydrogens is 418 g/mol. The number of rotatable bonds is 8. The number of carbonyl (C=O) groups is 3. The highest BCUT2D eigenvalue weighted by atomic mass is 16.5. The molecule has 1 aromatic heterocycles. The molecule has 0 saturated heterocycles. The minimum atomic E-state index is -0.664. The maximum absolute atomic E-state index is 12.9. The third-order valence-electron chi connectivity index (χ3n) is 5.31. The van der Waals surface area contributed by atoms with Gasteiger partial charge in [-0.3, -0.25) is 9.59 Å². The number of amides is 1. The summed E-state index contributed by atoms with van der Waals surface area (Å²) in [6.45, 7) is 8.24. The second-order valence-electron chi connectivity index (χ2n) is 8.15. The molecule has 0 aliphatic heterocycles. The molecular formula is C26H29N3O4. The zero-order valence-electron chi connectivity index (χ0n) is 19.6. The molecule has 0 aliphatic carbocycles. The number of benzene rings is 2. The number of aromatic nitrogens is 1. The van der Waals surface area contributed by atoms with Crippen molar-refractivity contribution in [3.05, 3.63) is 77.1 Å². The molecule has 3 aromatic rings. The predicted molar refractivity (Wildman–Crippen MR) is 129 cm³/mol. The van der Waals surface area contributed by atoms with Crippen molar-refractivity contribution in [1.82, 2.24) is 4.98 Å². The van der Waals surface area contributed by atoms with Crippen LogP contribution in [0.3, 0.4) is 0 Å². The maximum atomic E-state index is 12.9. The first-order chi connectivity index (χ1) is 15.7. The lowest BCUT2D eigenvalue weighted by atomic mass is 10.1. The summed E-state index contributed by atoms with van der Waals surface area (Å²) < 4.78 is 5.29. The number of hydrogen-bond acceptors (Lipinski definition) is 5. The fraction of sp³-hybridized carbons (Fsp3) is 0.269. The van der Waals surface area contributed by atoms with Crippen molar-refractivity contribution in [2.45, 2.75) is 40.7 Å². The summed E-state index contributed by atoms with van der Waals surface area (Å²) in [5.41, 5.74) is 4.36. The molecule has 7 heteroatoms. The van der Waals surface area contributed by atoms with E-state index in [2.05, 4.69) is 10.3 Å². The molecule has 1 amide bonds. The molecule has 2 N–H and O–H groups in total. The molecule has 3 rings (SSSR count). The third-order valence-corrected chi connectivity index (χ3v) is 5.31. The number of aromatic amines is 1. The van der Waals surface area contributed by atoms with Gasteiger partial charge in [0.2, 0.25) is 0 Å². The van der Waals surface area contributed by atoms with Crippen LogP contribution in [-0.2, 0) is 9.53 Å². The van der Waals surface area contributed by atoms with Gasteiger partial charge in [0.25, 0.3) is 5.91 Å². The van der Waals surface area contributed by atoms with Crippen LogP contribution < -0.4 is 10.2 Å². The Morgan fingerprint density at radius 1 is 0.970 bits per heavy atom. The zero-order valence-corrected chi connectivity index (χ0v) is 19.6. The first-order valence-electron chi connectivity index (χ1n) is 10.8. The number of ether oxygens (including phenoxy) is 1. The van der Waals surface area contributed by atoms with E-state index in [1.807, 2.05) is 68.4 Å². The molecule has 172 valence electrons. The van der Waals surface area contributed by atoms with Crippen molar-refractivity contribution in [3.8, 4) is 0 Å². The highest BCUT2D eigenvalue weighted by Gasteiger charge is 2.24. The van der Waals surface area contributed by atoms with E-state index in [0.29, 0.717) is 22.5 Å². The molecule has 0 unspecified atom stereocenters. The Balaban J connectivity index is 1.69. The van der Waals surface area contributed by atoms with Crippen molar-refractivity contribution in [1.29, 1.82) is 0 Å². The monoisotopic (exact) mass is 447 g/mol. The van der Waals surface area contributed by atoms with Crippen LogP contribution in [0.4, 0.5) is 17.1 Å². The van der Waals surface area contributed by atoms with E-state index in [-0.39, 0.29) is 23.4 Å². The number of nitrogens with one attached hydrogen (secondary N) is 2. The SMILES string of the molecule is CC(=O)c1c(C)[nH]c(C(=O)OCC(=O)N(c2ccc(Nc3ccccc3)cc2)C(C)C)c1C. The van der Waals surface area contributed by atoms with Gasteiger partial charge in [-0.2, -0.15) is 0 Å². The lowest BCUT2D eigenvalue weighted by Crippen LogP contribution is -2.40. The molecule has 0 radical (unpaired) electrons. The molecule has 33 heavy (non-hydrogen) atoms. The van der Waals surface area contributed by atoms with E-state index in [4.69, 9.17) is 4.74 Å². The average molecular weight is 448 g/mol. The van der Waals surface area contributed by atoms with Crippen molar-refractivity contribution in [2.24, 2.45) is 0 Å². The smallest absolute Gasteiger partial charge is 0.355 e. The summed E-state index contributed by atoms with van der Waals surface area (Å²) >= 11 is 0. The standard InChI is InChI=1S/C26H29N3O4/c1-16(2)29(22-13-11-21(12-14-22)28-20-9-7-6-8-10-20)23(31)15-33-26(32)25-17(3)24(19(5)30)18(4)27-25/h6-14,16,27-28H,15H2,1-5H3. The largest absolute Gasteiger partial charge is 0.451 e. The van der Waals surface area contributed by atoms with E-state index in [1.54, 1.807) is 18.7 Å². The molecule has 0 fully saturated rings. The second kappa shape index (κ2) is 10.2. The Bertz CT molecular complexity index is 1150. The van der Waals surface area contributed by atoms with Gasteiger partial charge >= 0.3 is 5.97 Å². The highest BCUT2D eigenvalue weighted by Crippen LogP contribution is 2.23. The number of nitrogens with zero attached hydrogens (tertiary/aromatic N) is 1. The van der Waals surface area contributed by atoms with E-state index >= 15 is 0 Å². The summed E-state index contributed by atoms with van der Waals surface area (Å²) in [4.78, 5) is 41.8. The number of anilines is 3. The average Bonchev–Trinajstić information content (AvgIpc) is 3.08. The number of aryl methyl sites for hydroxylation is 1. The van der Waals surface area contributed by atoms with E-state index in [1.165, 1.54) is 6.92 Å². The number of ketones is 1. The molecule has 0 saturated carbocycles. The van der Waals surface area contributed by atoms with Gasteiger partial charge in [0.1, 0.15) is 5.69 Å². The summed E-state index contributed by atoms with van der Waals surface area (Å²) in [5.74, 6) is -1.13. The Hall–Kier alpha value is -3.87. The lowest BCUT2D eigenvalue weighted by Gasteiger charge is -2.27. The van der Waals surface area contributed by atoms with Crippen LogP contribution in [0.1, 0.15) is 52.9 Å². The van der Waals surface area contributed by atoms with E-state index in [9.17, 15) is 14.4 Å². The van der Waals surface area contributed by atoms with Crippen LogP contribution in [0.25, 0.3) is 0 Å².